The van der Waals surface area contributed by atoms with Gasteiger partial charge in [-0.3, -0.25) is 9.59 Å². The molecular weight excluding hydrogens is 340 g/mol. The predicted molar refractivity (Wildman–Crippen MR) is 106 cm³/mol. The number of piperazine rings is 1. The predicted octanol–water partition coefficient (Wildman–Crippen LogP) is 2.52. The Morgan fingerprint density at radius 3 is 2.37 bits per heavy atom. The van der Waals surface area contributed by atoms with Gasteiger partial charge in [-0.2, -0.15) is 0 Å². The number of rotatable bonds is 2. The van der Waals surface area contributed by atoms with E-state index >= 15 is 0 Å². The zero-order chi connectivity index (χ0) is 18.6. The van der Waals surface area contributed by atoms with E-state index in [4.69, 9.17) is 0 Å². The number of carbonyl (C=O) groups excluding carboxylic acids is 2. The molecule has 0 bridgehead atoms. The highest BCUT2D eigenvalue weighted by Gasteiger charge is 2.26. The molecule has 0 spiro atoms. The lowest BCUT2D eigenvalue weighted by atomic mass is 10.1. The maximum Gasteiger partial charge on any atom is 0.313 e. The maximum absolute atomic E-state index is 12.6. The number of benzene rings is 2. The van der Waals surface area contributed by atoms with E-state index in [0.29, 0.717) is 31.9 Å². The van der Waals surface area contributed by atoms with Gasteiger partial charge in [0.1, 0.15) is 5.82 Å². The van der Waals surface area contributed by atoms with E-state index in [1.54, 1.807) is 11.1 Å². The molecule has 3 aromatic rings. The second-order valence-electron chi connectivity index (χ2n) is 6.45. The third kappa shape index (κ3) is 3.60. The molecule has 0 unspecified atom stereocenters. The lowest BCUT2D eigenvalue weighted by Gasteiger charge is -2.35. The van der Waals surface area contributed by atoms with Gasteiger partial charge < -0.3 is 15.1 Å². The van der Waals surface area contributed by atoms with Crippen LogP contribution in [0, 0.1) is 0 Å². The fourth-order valence-electron chi connectivity index (χ4n) is 3.33. The fraction of sp³-hybridized carbons (Fsp3) is 0.190. The van der Waals surface area contributed by atoms with Gasteiger partial charge in [-0.1, -0.05) is 42.5 Å². The smallest absolute Gasteiger partial charge is 0.313 e. The Hall–Kier alpha value is -3.41. The number of nitrogens with zero attached hydrogens (tertiary/aromatic N) is 3. The number of anilines is 2. The SMILES string of the molecule is O=C(Nc1cccc2ccccc12)C(=O)N1CCN(c2ccccn2)CC1. The Bertz CT molecular complexity index is 961. The third-order valence-electron chi connectivity index (χ3n) is 4.77. The first kappa shape index (κ1) is 17.0. The molecule has 1 saturated heterocycles. The van der Waals surface area contributed by atoms with E-state index in [1.165, 1.54) is 0 Å². The average Bonchev–Trinajstić information content (AvgIpc) is 2.74. The first-order valence-corrected chi connectivity index (χ1v) is 8.96. The lowest BCUT2D eigenvalue weighted by Crippen LogP contribution is -2.51. The Morgan fingerprint density at radius 2 is 1.59 bits per heavy atom. The highest BCUT2D eigenvalue weighted by atomic mass is 16.2. The van der Waals surface area contributed by atoms with Crippen molar-refractivity contribution in [1.29, 1.82) is 0 Å². The van der Waals surface area contributed by atoms with Crippen LogP contribution in [0.1, 0.15) is 0 Å². The molecule has 0 radical (unpaired) electrons. The molecule has 2 aromatic carbocycles. The number of aromatic nitrogens is 1. The highest BCUT2D eigenvalue weighted by Crippen LogP contribution is 2.23. The summed E-state index contributed by atoms with van der Waals surface area (Å²) in [6, 6.07) is 19.2. The third-order valence-corrected chi connectivity index (χ3v) is 4.77. The highest BCUT2D eigenvalue weighted by molar-refractivity contribution is 6.40. The van der Waals surface area contributed by atoms with Crippen LogP contribution < -0.4 is 10.2 Å². The summed E-state index contributed by atoms with van der Waals surface area (Å²) in [4.78, 5) is 33.1. The van der Waals surface area contributed by atoms with Crippen molar-refractivity contribution in [3.63, 3.8) is 0 Å². The monoisotopic (exact) mass is 360 g/mol. The minimum atomic E-state index is -0.599. The van der Waals surface area contributed by atoms with Crippen molar-refractivity contribution in [1.82, 2.24) is 9.88 Å². The van der Waals surface area contributed by atoms with Crippen molar-refractivity contribution in [2.75, 3.05) is 36.4 Å². The van der Waals surface area contributed by atoms with Crippen molar-refractivity contribution in [2.45, 2.75) is 0 Å². The van der Waals surface area contributed by atoms with Crippen LogP contribution in [0.4, 0.5) is 11.5 Å². The minimum absolute atomic E-state index is 0.497. The Balaban J connectivity index is 1.40. The molecule has 6 heteroatoms. The summed E-state index contributed by atoms with van der Waals surface area (Å²) >= 11 is 0. The normalized spacial score (nSPS) is 14.2. The molecule has 1 N–H and O–H groups in total. The zero-order valence-electron chi connectivity index (χ0n) is 14.8. The van der Waals surface area contributed by atoms with Crippen LogP contribution in [0.5, 0.6) is 0 Å². The van der Waals surface area contributed by atoms with E-state index in [2.05, 4.69) is 15.2 Å². The van der Waals surface area contributed by atoms with E-state index < -0.39 is 11.8 Å². The summed E-state index contributed by atoms with van der Waals surface area (Å²) in [5, 5.41) is 4.71. The van der Waals surface area contributed by atoms with Crippen molar-refractivity contribution in [2.24, 2.45) is 0 Å². The van der Waals surface area contributed by atoms with Crippen LogP contribution in [-0.2, 0) is 9.59 Å². The van der Waals surface area contributed by atoms with Gasteiger partial charge >= 0.3 is 11.8 Å². The van der Waals surface area contributed by atoms with E-state index in [1.807, 2.05) is 60.7 Å². The van der Waals surface area contributed by atoms with Gasteiger partial charge in [-0.15, -0.1) is 0 Å². The molecule has 0 atom stereocenters. The topological polar surface area (TPSA) is 65.5 Å². The van der Waals surface area contributed by atoms with Gasteiger partial charge in [0, 0.05) is 43.4 Å². The lowest BCUT2D eigenvalue weighted by molar-refractivity contribution is -0.143. The molecule has 6 nitrogen and oxygen atoms in total. The Kier molecular flexibility index (Phi) is 4.70. The van der Waals surface area contributed by atoms with Crippen LogP contribution in [0.3, 0.4) is 0 Å². The summed E-state index contributed by atoms with van der Waals surface area (Å²) < 4.78 is 0. The molecule has 1 aliphatic rings. The first-order chi connectivity index (χ1) is 13.2. The van der Waals surface area contributed by atoms with Crippen LogP contribution >= 0.6 is 0 Å². The van der Waals surface area contributed by atoms with Gasteiger partial charge in [-0.25, -0.2) is 4.98 Å². The zero-order valence-corrected chi connectivity index (χ0v) is 14.8. The largest absolute Gasteiger partial charge is 0.353 e. The molecule has 0 aliphatic carbocycles. The molecule has 4 rings (SSSR count). The van der Waals surface area contributed by atoms with Crippen molar-refractivity contribution < 1.29 is 9.59 Å². The van der Waals surface area contributed by atoms with Crippen LogP contribution in [0.2, 0.25) is 0 Å². The number of hydrogen-bond donors (Lipinski definition) is 1. The molecule has 0 saturated carbocycles. The maximum atomic E-state index is 12.6. The molecule has 27 heavy (non-hydrogen) atoms. The number of amides is 2. The van der Waals surface area contributed by atoms with Gasteiger partial charge in [-0.05, 0) is 23.6 Å². The molecule has 1 aromatic heterocycles. The van der Waals surface area contributed by atoms with Gasteiger partial charge in [0.15, 0.2) is 0 Å². The van der Waals surface area contributed by atoms with Crippen molar-refractivity contribution >= 4 is 34.1 Å². The van der Waals surface area contributed by atoms with E-state index in [-0.39, 0.29) is 0 Å². The van der Waals surface area contributed by atoms with Crippen LogP contribution in [0.15, 0.2) is 66.9 Å². The first-order valence-electron chi connectivity index (χ1n) is 8.96. The summed E-state index contributed by atoms with van der Waals surface area (Å²) in [6.07, 6.45) is 1.75. The summed E-state index contributed by atoms with van der Waals surface area (Å²) in [5.74, 6) is -0.203. The number of fused-ring (bicyclic) bond motifs is 1. The number of nitrogens with one attached hydrogen (secondary N) is 1. The van der Waals surface area contributed by atoms with Crippen molar-refractivity contribution in [3.05, 3.63) is 66.9 Å². The molecule has 2 amide bonds. The molecule has 136 valence electrons. The van der Waals surface area contributed by atoms with Gasteiger partial charge in [0.05, 0.1) is 0 Å². The number of carbonyl (C=O) groups is 2. The molecular formula is C21H20N4O2. The summed E-state index contributed by atoms with van der Waals surface area (Å²) in [7, 11) is 0. The Morgan fingerprint density at radius 1 is 0.852 bits per heavy atom. The molecule has 2 heterocycles. The van der Waals surface area contributed by atoms with E-state index in [9.17, 15) is 9.59 Å². The molecule has 1 fully saturated rings. The average molecular weight is 360 g/mol. The summed E-state index contributed by atoms with van der Waals surface area (Å²) in [5.41, 5.74) is 0.651. The van der Waals surface area contributed by atoms with Crippen molar-refractivity contribution in [3.8, 4) is 0 Å². The van der Waals surface area contributed by atoms with Crippen LogP contribution in [0.25, 0.3) is 10.8 Å². The number of hydrogen-bond acceptors (Lipinski definition) is 4. The van der Waals surface area contributed by atoms with E-state index in [0.717, 1.165) is 16.6 Å². The Labute approximate surface area is 157 Å². The minimum Gasteiger partial charge on any atom is -0.353 e. The molecule has 1 aliphatic heterocycles. The number of pyridine rings is 1. The second kappa shape index (κ2) is 7.45. The quantitative estimate of drug-likeness (QED) is 0.713. The summed E-state index contributed by atoms with van der Waals surface area (Å²) in [6.45, 7) is 2.31. The standard InChI is InChI=1S/C21H20N4O2/c26-20(23-18-9-5-7-16-6-1-2-8-17(16)18)21(27)25-14-12-24(13-15-25)19-10-3-4-11-22-19/h1-11H,12-15H2,(H,23,26). The fourth-order valence-corrected chi connectivity index (χ4v) is 3.33. The van der Waals surface area contributed by atoms with Crippen LogP contribution in [-0.4, -0.2) is 47.9 Å². The van der Waals surface area contributed by atoms with Gasteiger partial charge in [0.25, 0.3) is 0 Å². The van der Waals surface area contributed by atoms with Gasteiger partial charge in [0.2, 0.25) is 0 Å². The second-order valence-corrected chi connectivity index (χ2v) is 6.45.